The van der Waals surface area contributed by atoms with E-state index in [0.717, 1.165) is 55.1 Å². The molecule has 0 bridgehead atoms. The van der Waals surface area contributed by atoms with Crippen LogP contribution in [0.25, 0.3) is 0 Å². The lowest BCUT2D eigenvalue weighted by molar-refractivity contribution is -0.117. The summed E-state index contributed by atoms with van der Waals surface area (Å²) >= 11 is 0. The van der Waals surface area contributed by atoms with E-state index in [1.807, 2.05) is 30.3 Å². The number of nitrogens with zero attached hydrogens (tertiary/aromatic N) is 3. The number of benzene rings is 1. The third kappa shape index (κ3) is 5.67. The maximum Gasteiger partial charge on any atom is 0.239 e. The third-order valence-corrected chi connectivity index (χ3v) is 5.62. The number of methoxy groups -OCH3 is 1. The largest absolute Gasteiger partial charge is 0.496 e. The number of anilines is 1. The normalized spacial score (nSPS) is 16.6. The number of hydrogen-bond donors (Lipinski definition) is 1. The molecule has 0 spiro atoms. The fourth-order valence-corrected chi connectivity index (χ4v) is 4.13. The molecule has 6 heteroatoms. The van der Waals surface area contributed by atoms with E-state index in [1.54, 1.807) is 19.4 Å². The summed E-state index contributed by atoms with van der Waals surface area (Å²) in [6.07, 6.45) is 4.56. The zero-order chi connectivity index (χ0) is 21.5. The predicted octanol–water partition coefficient (Wildman–Crippen LogP) is 3.89. The van der Waals surface area contributed by atoms with Crippen molar-refractivity contribution in [3.05, 3.63) is 83.8 Å². The Morgan fingerprint density at radius 2 is 2.00 bits per heavy atom. The lowest BCUT2D eigenvalue weighted by atomic mass is 9.94. The van der Waals surface area contributed by atoms with Crippen molar-refractivity contribution in [2.75, 3.05) is 32.1 Å². The summed E-state index contributed by atoms with van der Waals surface area (Å²) in [6, 6.07) is 19.8. The fourth-order valence-electron chi connectivity index (χ4n) is 4.13. The molecule has 31 heavy (non-hydrogen) atoms. The van der Waals surface area contributed by atoms with Gasteiger partial charge in [-0.3, -0.25) is 14.7 Å². The molecule has 6 nitrogen and oxygen atoms in total. The molecular weight excluding hydrogens is 388 g/mol. The first kappa shape index (κ1) is 21.0. The number of aromatic nitrogens is 2. The van der Waals surface area contributed by atoms with Gasteiger partial charge in [-0.25, -0.2) is 4.98 Å². The number of ether oxygens (including phenoxy) is 1. The number of nitrogens with one attached hydrogen (secondary N) is 1. The van der Waals surface area contributed by atoms with Crippen molar-refractivity contribution in [1.29, 1.82) is 0 Å². The molecule has 1 amide bonds. The van der Waals surface area contributed by atoms with Crippen molar-refractivity contribution in [2.45, 2.75) is 25.2 Å². The summed E-state index contributed by atoms with van der Waals surface area (Å²) in [5.74, 6) is 1.77. The summed E-state index contributed by atoms with van der Waals surface area (Å²) < 4.78 is 5.48. The van der Waals surface area contributed by atoms with Gasteiger partial charge in [0.1, 0.15) is 11.6 Å². The number of hydrogen-bond acceptors (Lipinski definition) is 5. The highest BCUT2D eigenvalue weighted by molar-refractivity contribution is 5.91. The molecule has 2 aromatic heterocycles. The highest BCUT2D eigenvalue weighted by Crippen LogP contribution is 2.27. The molecule has 0 aliphatic carbocycles. The van der Waals surface area contributed by atoms with Gasteiger partial charge in [0.25, 0.3) is 0 Å². The zero-order valence-corrected chi connectivity index (χ0v) is 17.8. The van der Waals surface area contributed by atoms with Gasteiger partial charge in [-0.2, -0.15) is 0 Å². The van der Waals surface area contributed by atoms with Crippen molar-refractivity contribution < 1.29 is 9.53 Å². The smallest absolute Gasteiger partial charge is 0.239 e. The molecule has 1 N–H and O–H groups in total. The number of carbonyl (C=O) groups is 1. The predicted molar refractivity (Wildman–Crippen MR) is 121 cm³/mol. The third-order valence-electron chi connectivity index (χ3n) is 5.62. The Morgan fingerprint density at radius 1 is 1.13 bits per heavy atom. The molecule has 0 saturated carbocycles. The van der Waals surface area contributed by atoms with Crippen molar-refractivity contribution in [3.63, 3.8) is 0 Å². The summed E-state index contributed by atoms with van der Waals surface area (Å²) in [7, 11) is 1.70. The molecular formula is C25H28N4O2. The van der Waals surface area contributed by atoms with Crippen LogP contribution in [0.1, 0.15) is 35.7 Å². The van der Waals surface area contributed by atoms with Crippen LogP contribution in [0.5, 0.6) is 5.75 Å². The number of para-hydroxylation sites is 1. The molecule has 0 radical (unpaired) electrons. The standard InChI is InChI=1S/C25H28N4O2/c1-31-23-12-3-2-8-19(23)16-21-10-6-11-22(27-21)20-9-7-15-29(17-20)18-25(30)28-24-13-4-5-14-26-24/h2-6,8,10-14,20H,7,9,15-18H2,1H3,(H,26,28,30). The average molecular weight is 417 g/mol. The van der Waals surface area contributed by atoms with Crippen LogP contribution in [0.3, 0.4) is 0 Å². The molecule has 1 aromatic carbocycles. The minimum absolute atomic E-state index is 0.0303. The van der Waals surface area contributed by atoms with E-state index in [9.17, 15) is 4.79 Å². The number of pyridine rings is 2. The van der Waals surface area contributed by atoms with Gasteiger partial charge in [-0.05, 0) is 49.7 Å². The first-order valence-corrected chi connectivity index (χ1v) is 10.7. The van der Waals surface area contributed by atoms with Gasteiger partial charge in [-0.15, -0.1) is 0 Å². The average Bonchev–Trinajstić information content (AvgIpc) is 2.80. The van der Waals surface area contributed by atoms with E-state index in [-0.39, 0.29) is 5.91 Å². The second kappa shape index (κ2) is 10.2. The monoisotopic (exact) mass is 416 g/mol. The van der Waals surface area contributed by atoms with Gasteiger partial charge in [-0.1, -0.05) is 30.3 Å². The Morgan fingerprint density at radius 3 is 2.84 bits per heavy atom. The molecule has 3 heterocycles. The van der Waals surface area contributed by atoms with E-state index in [0.29, 0.717) is 18.3 Å². The van der Waals surface area contributed by atoms with E-state index in [2.05, 4.69) is 39.5 Å². The van der Waals surface area contributed by atoms with Gasteiger partial charge < -0.3 is 10.1 Å². The molecule has 1 unspecified atom stereocenters. The van der Waals surface area contributed by atoms with Crippen LogP contribution in [0, 0.1) is 0 Å². The van der Waals surface area contributed by atoms with Crippen molar-refractivity contribution in [1.82, 2.24) is 14.9 Å². The summed E-state index contributed by atoms with van der Waals surface area (Å²) in [4.78, 5) is 23.7. The topological polar surface area (TPSA) is 67.3 Å². The van der Waals surface area contributed by atoms with Gasteiger partial charge in [0, 0.05) is 42.0 Å². The second-order valence-corrected chi connectivity index (χ2v) is 7.88. The zero-order valence-electron chi connectivity index (χ0n) is 17.8. The van der Waals surface area contributed by atoms with E-state index >= 15 is 0 Å². The highest BCUT2D eigenvalue weighted by atomic mass is 16.5. The van der Waals surface area contributed by atoms with Crippen LogP contribution in [0.15, 0.2) is 66.9 Å². The minimum Gasteiger partial charge on any atom is -0.496 e. The Balaban J connectivity index is 1.39. The minimum atomic E-state index is -0.0303. The lowest BCUT2D eigenvalue weighted by Gasteiger charge is -2.32. The summed E-state index contributed by atoms with van der Waals surface area (Å²) in [6.45, 7) is 2.13. The van der Waals surface area contributed by atoms with Crippen molar-refractivity contribution in [3.8, 4) is 5.75 Å². The number of rotatable bonds is 7. The highest BCUT2D eigenvalue weighted by Gasteiger charge is 2.24. The fraction of sp³-hybridized carbons (Fsp3) is 0.320. The molecule has 1 atom stereocenters. The Labute approximate surface area is 183 Å². The van der Waals surface area contributed by atoms with Crippen LogP contribution in [-0.4, -0.2) is 47.5 Å². The van der Waals surface area contributed by atoms with Crippen LogP contribution in [0.4, 0.5) is 5.82 Å². The van der Waals surface area contributed by atoms with Crippen LogP contribution in [-0.2, 0) is 11.2 Å². The Hall–Kier alpha value is -3.25. The number of amides is 1. The Kier molecular flexibility index (Phi) is 6.89. The van der Waals surface area contributed by atoms with Gasteiger partial charge in [0.15, 0.2) is 0 Å². The summed E-state index contributed by atoms with van der Waals surface area (Å²) in [5.41, 5.74) is 3.26. The molecule has 3 aromatic rings. The number of piperidine rings is 1. The number of likely N-dealkylation sites (tertiary alicyclic amines) is 1. The lowest BCUT2D eigenvalue weighted by Crippen LogP contribution is -2.40. The van der Waals surface area contributed by atoms with E-state index in [4.69, 9.17) is 9.72 Å². The Bertz CT molecular complexity index is 1010. The van der Waals surface area contributed by atoms with Crippen LogP contribution < -0.4 is 10.1 Å². The maximum absolute atomic E-state index is 12.4. The molecule has 1 aliphatic heterocycles. The van der Waals surface area contributed by atoms with E-state index in [1.165, 1.54) is 0 Å². The van der Waals surface area contributed by atoms with Crippen LogP contribution in [0.2, 0.25) is 0 Å². The molecule has 1 aliphatic rings. The van der Waals surface area contributed by atoms with Gasteiger partial charge in [0.2, 0.25) is 5.91 Å². The molecule has 1 fully saturated rings. The van der Waals surface area contributed by atoms with Crippen LogP contribution >= 0.6 is 0 Å². The SMILES string of the molecule is COc1ccccc1Cc1cccc(C2CCCN(CC(=O)Nc3ccccn3)C2)n1. The second-order valence-electron chi connectivity index (χ2n) is 7.88. The summed E-state index contributed by atoms with van der Waals surface area (Å²) in [5, 5.41) is 2.87. The maximum atomic E-state index is 12.4. The molecule has 160 valence electrons. The van der Waals surface area contributed by atoms with E-state index < -0.39 is 0 Å². The van der Waals surface area contributed by atoms with Crippen molar-refractivity contribution in [2.24, 2.45) is 0 Å². The van der Waals surface area contributed by atoms with Gasteiger partial charge in [0.05, 0.1) is 13.7 Å². The van der Waals surface area contributed by atoms with Crippen molar-refractivity contribution >= 4 is 11.7 Å². The molecule has 4 rings (SSSR count). The van der Waals surface area contributed by atoms with Gasteiger partial charge >= 0.3 is 0 Å². The first-order chi connectivity index (χ1) is 15.2. The first-order valence-electron chi connectivity index (χ1n) is 10.7. The molecule has 1 saturated heterocycles. The quantitative estimate of drug-likeness (QED) is 0.633. The number of carbonyl (C=O) groups excluding carboxylic acids is 1.